The first-order valence-corrected chi connectivity index (χ1v) is 28.8. The minimum absolute atomic E-state index is 0.0639. The maximum atomic E-state index is 16.2. The molecule has 19 nitrogen and oxygen atoms in total. The van der Waals surface area contributed by atoms with Crippen molar-refractivity contribution in [3.8, 4) is 39.4 Å². The Labute approximate surface area is 478 Å². The maximum absolute atomic E-state index is 16.2. The monoisotopic (exact) mass is 1130 g/mol. The predicted octanol–water partition coefficient (Wildman–Crippen LogP) is 8.77. The number of amides is 2. The zero-order valence-corrected chi connectivity index (χ0v) is 47.0. The number of hydrogen-bond donors (Lipinski definition) is 4. The smallest absolute Gasteiger partial charge is 0.294 e. The summed E-state index contributed by atoms with van der Waals surface area (Å²) < 4.78 is 37.5. The van der Waals surface area contributed by atoms with E-state index in [9.17, 15) is 14.7 Å². The number of aromatic amines is 1. The van der Waals surface area contributed by atoms with E-state index in [-0.39, 0.29) is 49.0 Å². The van der Waals surface area contributed by atoms with E-state index < -0.39 is 12.1 Å². The molecule has 4 N–H and O–H groups in total. The van der Waals surface area contributed by atoms with E-state index in [2.05, 4.69) is 64.0 Å². The molecule has 21 heteroatoms. The van der Waals surface area contributed by atoms with Gasteiger partial charge in [-0.25, -0.2) is 19.0 Å². The lowest BCUT2D eigenvalue weighted by atomic mass is 9.86. The van der Waals surface area contributed by atoms with Gasteiger partial charge in [-0.05, 0) is 98.8 Å². The lowest BCUT2D eigenvalue weighted by molar-refractivity contribution is -0.135. The molecule has 2 bridgehead atoms. The van der Waals surface area contributed by atoms with E-state index in [0.29, 0.717) is 106 Å². The Balaban J connectivity index is 0.778. The van der Waals surface area contributed by atoms with E-state index in [1.165, 1.54) is 23.3 Å². The molecule has 3 aromatic heterocycles. The molecular weight excluding hydrogens is 1070 g/mol. The number of aliphatic imine (C=N–C) groups is 1. The number of benzene rings is 4. The number of aromatic nitrogens is 7. The quantitative estimate of drug-likeness (QED) is 0.0707. The van der Waals surface area contributed by atoms with E-state index in [4.69, 9.17) is 30.8 Å². The lowest BCUT2D eigenvalue weighted by Gasteiger charge is -2.44. The van der Waals surface area contributed by atoms with Crippen molar-refractivity contribution in [2.24, 2.45) is 4.99 Å². The van der Waals surface area contributed by atoms with Crippen LogP contribution >= 0.6 is 11.6 Å². The highest BCUT2D eigenvalue weighted by molar-refractivity contribution is 6.32. The van der Waals surface area contributed by atoms with Crippen LogP contribution < -0.4 is 15.4 Å². The number of piperazine rings is 1. The number of carbonyl (C=O) groups is 2. The molecule has 5 atom stereocenters. The number of H-pyrrole nitrogens is 1. The number of aliphatic hydroxyl groups excluding tert-OH is 1. The first-order chi connectivity index (χ1) is 39.9. The highest BCUT2D eigenvalue weighted by Gasteiger charge is 2.47. The number of hydrogen-bond acceptors (Lipinski definition) is 15. The van der Waals surface area contributed by atoms with Crippen LogP contribution in [0.5, 0.6) is 5.75 Å². The Kier molecular flexibility index (Phi) is 14.6. The van der Waals surface area contributed by atoms with Crippen LogP contribution in [0.3, 0.4) is 0 Å². The van der Waals surface area contributed by atoms with Crippen LogP contribution in [0.15, 0.2) is 96.1 Å². The number of nitrogens with zero attached hydrogens (tertiary/aromatic N) is 10. The lowest BCUT2D eigenvalue weighted by Crippen LogP contribution is -2.52. The van der Waals surface area contributed by atoms with Gasteiger partial charge in [-0.2, -0.15) is 10.1 Å². The van der Waals surface area contributed by atoms with Crippen molar-refractivity contribution in [2.75, 3.05) is 46.5 Å². The van der Waals surface area contributed by atoms with Crippen molar-refractivity contribution in [2.45, 2.75) is 115 Å². The van der Waals surface area contributed by atoms with Gasteiger partial charge >= 0.3 is 0 Å². The van der Waals surface area contributed by atoms with Crippen molar-refractivity contribution in [3.05, 3.63) is 130 Å². The Morgan fingerprint density at radius 1 is 0.988 bits per heavy atom. The summed E-state index contributed by atoms with van der Waals surface area (Å²) in [5.41, 5.74) is 10.7. The van der Waals surface area contributed by atoms with Gasteiger partial charge in [0.1, 0.15) is 54.1 Å². The number of likely N-dealkylation sites (tertiary alicyclic amines) is 2. The number of nitrogens with one attached hydrogen (secondary N) is 3. The van der Waals surface area contributed by atoms with E-state index in [1.54, 1.807) is 17.3 Å². The molecule has 424 valence electrons. The van der Waals surface area contributed by atoms with Gasteiger partial charge in [-0.15, -0.1) is 5.10 Å². The van der Waals surface area contributed by atoms with Crippen molar-refractivity contribution in [1.29, 1.82) is 0 Å². The minimum atomic E-state index is -0.769. The van der Waals surface area contributed by atoms with Gasteiger partial charge in [0.2, 0.25) is 5.91 Å². The maximum Gasteiger partial charge on any atom is 0.294 e. The number of ether oxygens (including phenoxy) is 3. The fourth-order valence-corrected chi connectivity index (χ4v) is 12.9. The standard InChI is InChI=1S/C61H65ClFN13O6/c1-33(2)56(60(79)74-19-5-6-51(74)58(78)68-50(30-77)38-13-15-39(16-14-38)54-46(62)27-64-32-66-54)76-29-49(71-72-76)37-9-7-35(8-10-37)31-81-57-53(52-34(3)47(63)24-48-45(52)26-67-70-48)43(36-11-12-36)23-44-55(57)69-61(82-42-17-20-80-21-18-42)73(4)59(44)75-28-40-22-41(75)25-65-40/h7-10,13-16,23-24,26-27,29,32,36,40-42,50-51,59,65,77H,5-6,11-12,17-22,25,28,30-31H2,1-4H3,(H,67,70)(H,68,78)/t40-,41-,50-,51-,59?/m0/s1. The first-order valence-electron chi connectivity index (χ1n) is 28.4. The summed E-state index contributed by atoms with van der Waals surface area (Å²) in [4.78, 5) is 48.6. The van der Waals surface area contributed by atoms with Crippen molar-refractivity contribution in [3.63, 3.8) is 0 Å². The molecule has 4 saturated heterocycles. The molecule has 0 radical (unpaired) electrons. The number of carbonyl (C=O) groups excluding carboxylic acids is 2. The van der Waals surface area contributed by atoms with Gasteiger partial charge in [0.25, 0.3) is 11.9 Å². The minimum Gasteiger partial charge on any atom is -0.486 e. The van der Waals surface area contributed by atoms with Crippen LogP contribution in [-0.4, -0.2) is 144 Å². The Morgan fingerprint density at radius 3 is 2.50 bits per heavy atom. The average molecular weight is 1130 g/mol. The number of rotatable bonds is 15. The van der Waals surface area contributed by atoms with Gasteiger partial charge in [0, 0.05) is 91.0 Å². The van der Waals surface area contributed by atoms with E-state index in [1.807, 2.05) is 69.3 Å². The molecule has 4 aromatic carbocycles. The van der Waals surface area contributed by atoms with Crippen LogP contribution in [0, 0.1) is 12.7 Å². The highest BCUT2D eigenvalue weighted by Crippen LogP contribution is 2.57. The summed E-state index contributed by atoms with van der Waals surface area (Å²) >= 11 is 6.33. The molecule has 1 unspecified atom stereocenters. The van der Waals surface area contributed by atoms with Crippen LogP contribution in [-0.2, 0) is 25.7 Å². The van der Waals surface area contributed by atoms with E-state index >= 15 is 4.39 Å². The third-order valence-corrected chi connectivity index (χ3v) is 17.4. The zero-order valence-electron chi connectivity index (χ0n) is 46.2. The fraction of sp³-hybridized carbons (Fsp3) is 0.410. The fourth-order valence-electron chi connectivity index (χ4n) is 12.7. The SMILES string of the molecule is CC(C)=C(C(=O)N1CCC[C@H]1C(=O)N[C@@H](CO)c1ccc(-c2ncncc2Cl)cc1)n1cc(-c2ccc(COc3c4c(cc(C5CC5)c3-c3c(C)c(F)cc5[nH]ncc35)C(N3C[C@@H]5C[C@H]3CN5)N(C)C(OC3CCOCC3)=N4)cc2)nn1. The normalized spacial score (nSPS) is 21.2. The molecule has 6 aliphatic rings. The molecular formula is C61H65ClFN13O6. The van der Waals surface area contributed by atoms with Crippen LogP contribution in [0.4, 0.5) is 10.1 Å². The Morgan fingerprint density at radius 2 is 1.78 bits per heavy atom. The molecule has 5 fully saturated rings. The zero-order chi connectivity index (χ0) is 56.3. The second kappa shape index (κ2) is 22.3. The predicted molar refractivity (Wildman–Crippen MR) is 307 cm³/mol. The highest BCUT2D eigenvalue weighted by atomic mass is 35.5. The number of amidine groups is 1. The molecule has 2 amide bonds. The molecule has 1 saturated carbocycles. The molecule has 13 rings (SSSR count). The molecule has 5 aliphatic heterocycles. The molecule has 1 aliphatic carbocycles. The summed E-state index contributed by atoms with van der Waals surface area (Å²) in [5, 5.41) is 34.7. The number of allylic oxidation sites excluding steroid dienone is 1. The van der Waals surface area contributed by atoms with Gasteiger partial charge in [-0.3, -0.25) is 19.6 Å². The third-order valence-electron chi connectivity index (χ3n) is 17.1. The molecule has 82 heavy (non-hydrogen) atoms. The summed E-state index contributed by atoms with van der Waals surface area (Å²) in [7, 11) is 2.09. The van der Waals surface area contributed by atoms with E-state index in [0.717, 1.165) is 89.5 Å². The third kappa shape index (κ3) is 10.1. The second-order valence-electron chi connectivity index (χ2n) is 22.7. The van der Waals surface area contributed by atoms with Crippen molar-refractivity contribution < 1.29 is 33.3 Å². The summed E-state index contributed by atoms with van der Waals surface area (Å²) in [5.74, 6) is -0.217. The summed E-state index contributed by atoms with van der Waals surface area (Å²) in [6, 6.07) is 18.8. The van der Waals surface area contributed by atoms with Gasteiger partial charge in [-0.1, -0.05) is 65.3 Å². The number of halogens is 2. The number of aliphatic hydroxyl groups is 1. The van der Waals surface area contributed by atoms with Gasteiger partial charge < -0.3 is 39.8 Å². The van der Waals surface area contributed by atoms with Crippen molar-refractivity contribution in [1.82, 2.24) is 60.5 Å². The topological polar surface area (TPSA) is 213 Å². The largest absolute Gasteiger partial charge is 0.486 e. The van der Waals surface area contributed by atoms with Gasteiger partial charge in [0.05, 0.1) is 54.5 Å². The Hall–Kier alpha value is -7.62. The van der Waals surface area contributed by atoms with Crippen LogP contribution in [0.25, 0.3) is 50.2 Å². The first kappa shape index (κ1) is 53.7. The summed E-state index contributed by atoms with van der Waals surface area (Å²) in [6.07, 6.45) is 11.9. The van der Waals surface area contributed by atoms with Crippen LogP contribution in [0.1, 0.15) is 105 Å². The summed E-state index contributed by atoms with van der Waals surface area (Å²) in [6.45, 7) is 8.72. The Bertz CT molecular complexity index is 3650. The molecule has 0 spiro atoms. The molecule has 8 heterocycles. The number of fused-ring (bicyclic) bond motifs is 4. The average Bonchev–Trinajstić information content (AvgIpc) is 4.14. The van der Waals surface area contributed by atoms with Gasteiger partial charge in [0.15, 0.2) is 5.75 Å². The van der Waals surface area contributed by atoms with Crippen LogP contribution in [0.2, 0.25) is 5.02 Å². The second-order valence-corrected chi connectivity index (χ2v) is 23.1. The van der Waals surface area contributed by atoms with Crippen molar-refractivity contribution >= 4 is 51.7 Å². The molecule has 7 aromatic rings.